The predicted octanol–water partition coefficient (Wildman–Crippen LogP) is 0.989. The normalized spacial score (nSPS) is 10.7. The van der Waals surface area contributed by atoms with E-state index in [4.69, 9.17) is 16.7 Å². The molecule has 0 fully saturated rings. The molecule has 0 unspecified atom stereocenters. The first-order valence-corrected chi connectivity index (χ1v) is 4.49. The molecule has 14 heavy (non-hydrogen) atoms. The Morgan fingerprint density at radius 2 is 2.29 bits per heavy atom. The summed E-state index contributed by atoms with van der Waals surface area (Å²) in [4.78, 5) is 0. The average Bonchev–Trinajstić information content (AvgIpc) is 2.67. The number of aromatic amines is 1. The molecule has 2 aromatic heterocycles. The van der Waals surface area contributed by atoms with Crippen LogP contribution in [-0.2, 0) is 6.54 Å². The molecule has 0 aromatic carbocycles. The Morgan fingerprint density at radius 3 is 2.79 bits per heavy atom. The van der Waals surface area contributed by atoms with Gasteiger partial charge in [0, 0.05) is 5.56 Å². The monoisotopic (exact) mass is 211 g/mol. The third kappa shape index (κ3) is 1.46. The Balaban J connectivity index is 2.36. The standard InChI is InChI=1S/C7H9N5OS/c1-4-6(5(2)13-9-4)3-12-7(14)8-10-11-12/h3H2,1-2H3,(H,8,11,14). The van der Waals surface area contributed by atoms with Gasteiger partial charge in [-0.15, -0.1) is 0 Å². The summed E-state index contributed by atoms with van der Waals surface area (Å²) in [6, 6.07) is 0. The van der Waals surface area contributed by atoms with Gasteiger partial charge in [-0.1, -0.05) is 15.5 Å². The first-order chi connectivity index (χ1) is 6.68. The van der Waals surface area contributed by atoms with Gasteiger partial charge in [-0.05, 0) is 26.1 Å². The van der Waals surface area contributed by atoms with E-state index in [1.165, 1.54) is 0 Å². The van der Waals surface area contributed by atoms with Crippen LogP contribution in [0.3, 0.4) is 0 Å². The molecule has 7 heteroatoms. The van der Waals surface area contributed by atoms with Gasteiger partial charge in [-0.2, -0.15) is 5.21 Å². The minimum atomic E-state index is 0.421. The van der Waals surface area contributed by atoms with Crippen molar-refractivity contribution in [3.8, 4) is 0 Å². The van der Waals surface area contributed by atoms with E-state index in [9.17, 15) is 0 Å². The lowest BCUT2D eigenvalue weighted by atomic mass is 10.2. The van der Waals surface area contributed by atoms with Crippen LogP contribution in [0.4, 0.5) is 0 Å². The summed E-state index contributed by atoms with van der Waals surface area (Å²) in [6.07, 6.45) is 0. The highest BCUT2D eigenvalue weighted by molar-refractivity contribution is 7.71. The van der Waals surface area contributed by atoms with Gasteiger partial charge in [0.25, 0.3) is 0 Å². The second kappa shape index (κ2) is 3.33. The molecule has 2 aromatic rings. The molecule has 0 atom stereocenters. The first-order valence-electron chi connectivity index (χ1n) is 4.08. The van der Waals surface area contributed by atoms with Crippen molar-refractivity contribution in [3.05, 3.63) is 21.8 Å². The molecule has 0 amide bonds. The molecule has 0 aliphatic heterocycles. The molecular weight excluding hydrogens is 202 g/mol. The Bertz CT molecular complexity index is 477. The van der Waals surface area contributed by atoms with Crippen molar-refractivity contribution in [2.45, 2.75) is 20.4 Å². The van der Waals surface area contributed by atoms with Crippen molar-refractivity contribution in [3.63, 3.8) is 0 Å². The van der Waals surface area contributed by atoms with Crippen molar-refractivity contribution in [2.75, 3.05) is 0 Å². The maximum absolute atomic E-state index is 5.03. The summed E-state index contributed by atoms with van der Waals surface area (Å²) in [5.41, 5.74) is 1.87. The molecule has 1 N–H and O–H groups in total. The van der Waals surface area contributed by atoms with E-state index in [0.29, 0.717) is 11.3 Å². The molecule has 2 heterocycles. The molecule has 0 saturated carbocycles. The Hall–Kier alpha value is -1.50. The van der Waals surface area contributed by atoms with E-state index in [1.807, 2.05) is 13.8 Å². The van der Waals surface area contributed by atoms with Crippen LogP contribution in [-0.4, -0.2) is 25.4 Å². The SMILES string of the molecule is Cc1noc(C)c1Cn1[nH]nnc1=S. The molecule has 0 bridgehead atoms. The third-order valence-electron chi connectivity index (χ3n) is 2.03. The van der Waals surface area contributed by atoms with Crippen molar-refractivity contribution in [1.82, 2.24) is 25.4 Å². The summed E-state index contributed by atoms with van der Waals surface area (Å²) < 4.78 is 7.11. The highest BCUT2D eigenvalue weighted by Crippen LogP contribution is 2.12. The minimum Gasteiger partial charge on any atom is -0.361 e. The van der Waals surface area contributed by atoms with Crippen LogP contribution < -0.4 is 0 Å². The number of H-pyrrole nitrogens is 1. The fraction of sp³-hybridized carbons (Fsp3) is 0.429. The highest BCUT2D eigenvalue weighted by Gasteiger charge is 2.10. The number of hydrogen-bond acceptors (Lipinski definition) is 5. The van der Waals surface area contributed by atoms with Crippen LogP contribution >= 0.6 is 12.2 Å². The number of aryl methyl sites for hydroxylation is 2. The second-order valence-corrected chi connectivity index (χ2v) is 3.34. The second-order valence-electron chi connectivity index (χ2n) is 2.97. The Kier molecular flexibility index (Phi) is 2.16. The Morgan fingerprint density at radius 1 is 1.50 bits per heavy atom. The summed E-state index contributed by atoms with van der Waals surface area (Å²) in [7, 11) is 0. The maximum Gasteiger partial charge on any atom is 0.238 e. The molecule has 6 nitrogen and oxygen atoms in total. The third-order valence-corrected chi connectivity index (χ3v) is 2.33. The quantitative estimate of drug-likeness (QED) is 0.750. The summed E-state index contributed by atoms with van der Waals surface area (Å²) in [5.74, 6) is 0.791. The van der Waals surface area contributed by atoms with Crippen LogP contribution in [0.5, 0.6) is 0 Å². The van der Waals surface area contributed by atoms with E-state index in [1.54, 1.807) is 4.68 Å². The number of rotatable bonds is 2. The fourth-order valence-electron chi connectivity index (χ4n) is 1.20. The highest BCUT2D eigenvalue weighted by atomic mass is 32.1. The molecular formula is C7H9N5OS. The maximum atomic E-state index is 5.03. The van der Waals surface area contributed by atoms with Gasteiger partial charge < -0.3 is 4.52 Å². The van der Waals surface area contributed by atoms with Gasteiger partial charge in [0.1, 0.15) is 5.76 Å². The predicted molar refractivity (Wildman–Crippen MR) is 50.3 cm³/mol. The van der Waals surface area contributed by atoms with E-state index < -0.39 is 0 Å². The number of nitrogens with zero attached hydrogens (tertiary/aromatic N) is 4. The lowest BCUT2D eigenvalue weighted by Crippen LogP contribution is -2.03. The molecule has 0 aliphatic rings. The molecule has 0 aliphatic carbocycles. The van der Waals surface area contributed by atoms with Crippen molar-refractivity contribution < 1.29 is 4.52 Å². The van der Waals surface area contributed by atoms with Crippen molar-refractivity contribution >= 4 is 12.2 Å². The van der Waals surface area contributed by atoms with E-state index in [-0.39, 0.29) is 0 Å². The number of aromatic nitrogens is 5. The molecule has 2 rings (SSSR count). The largest absolute Gasteiger partial charge is 0.361 e. The summed E-state index contributed by atoms with van der Waals surface area (Å²) in [5, 5.41) is 13.8. The zero-order valence-corrected chi connectivity index (χ0v) is 8.63. The van der Waals surface area contributed by atoms with Crippen LogP contribution in [0.2, 0.25) is 0 Å². The number of nitrogens with one attached hydrogen (secondary N) is 1. The van der Waals surface area contributed by atoms with Gasteiger partial charge in [-0.25, -0.2) is 4.68 Å². The van der Waals surface area contributed by atoms with Crippen LogP contribution in [0.25, 0.3) is 0 Å². The zero-order valence-electron chi connectivity index (χ0n) is 7.81. The molecule has 74 valence electrons. The van der Waals surface area contributed by atoms with Gasteiger partial charge in [0.05, 0.1) is 12.2 Å². The van der Waals surface area contributed by atoms with Gasteiger partial charge >= 0.3 is 0 Å². The Labute approximate surface area is 84.9 Å². The molecule has 0 spiro atoms. The number of hydrogen-bond donors (Lipinski definition) is 1. The van der Waals surface area contributed by atoms with Crippen LogP contribution in [0, 0.1) is 18.6 Å². The topological polar surface area (TPSA) is 72.5 Å². The summed E-state index contributed by atoms with van der Waals surface area (Å²) in [6.45, 7) is 4.31. The van der Waals surface area contributed by atoms with E-state index in [0.717, 1.165) is 17.0 Å². The fourth-order valence-corrected chi connectivity index (χ4v) is 1.35. The van der Waals surface area contributed by atoms with Gasteiger partial charge in [0.2, 0.25) is 4.77 Å². The average molecular weight is 211 g/mol. The van der Waals surface area contributed by atoms with Gasteiger partial charge in [0.15, 0.2) is 0 Å². The van der Waals surface area contributed by atoms with Gasteiger partial charge in [-0.3, -0.25) is 0 Å². The number of tetrazole rings is 1. The smallest absolute Gasteiger partial charge is 0.238 e. The summed E-state index contributed by atoms with van der Waals surface area (Å²) >= 11 is 4.95. The van der Waals surface area contributed by atoms with E-state index >= 15 is 0 Å². The van der Waals surface area contributed by atoms with Crippen molar-refractivity contribution in [1.29, 1.82) is 0 Å². The van der Waals surface area contributed by atoms with E-state index in [2.05, 4.69) is 20.7 Å². The minimum absolute atomic E-state index is 0.421. The first kappa shape index (κ1) is 9.07. The lowest BCUT2D eigenvalue weighted by Gasteiger charge is -1.98. The van der Waals surface area contributed by atoms with Crippen LogP contribution in [0.1, 0.15) is 17.0 Å². The van der Waals surface area contributed by atoms with Crippen molar-refractivity contribution in [2.24, 2.45) is 0 Å². The zero-order chi connectivity index (χ0) is 10.1. The molecule has 0 radical (unpaired) electrons. The molecule has 0 saturated heterocycles. The lowest BCUT2D eigenvalue weighted by molar-refractivity contribution is 0.391. The van der Waals surface area contributed by atoms with Crippen LogP contribution in [0.15, 0.2) is 4.52 Å².